The van der Waals surface area contributed by atoms with Gasteiger partial charge in [-0.05, 0) is 41.5 Å². The fourth-order valence-electron chi connectivity index (χ4n) is 3.38. The van der Waals surface area contributed by atoms with Crippen LogP contribution in [0.4, 0.5) is 0 Å². The van der Waals surface area contributed by atoms with Gasteiger partial charge in [-0.1, -0.05) is 42.5 Å². The van der Waals surface area contributed by atoms with Gasteiger partial charge in [0.25, 0.3) is 17.7 Å². The Bertz CT molecular complexity index is 1030. The molecule has 0 saturated heterocycles. The maximum absolute atomic E-state index is 12.6. The van der Waals surface area contributed by atoms with E-state index >= 15 is 0 Å². The maximum atomic E-state index is 12.6. The number of rotatable bonds is 4. The molecule has 5 nitrogen and oxygen atoms in total. The van der Waals surface area contributed by atoms with Crippen molar-refractivity contribution in [3.8, 4) is 0 Å². The van der Waals surface area contributed by atoms with Crippen molar-refractivity contribution in [2.75, 3.05) is 13.1 Å². The second-order valence-corrected chi connectivity index (χ2v) is 6.58. The number of nitrogens with one attached hydrogen (secondary N) is 1. The van der Waals surface area contributed by atoms with Gasteiger partial charge in [0.05, 0.1) is 11.1 Å². The molecule has 0 radical (unpaired) electrons. The number of carbonyl (C=O) groups is 3. The van der Waals surface area contributed by atoms with Crippen LogP contribution in [-0.4, -0.2) is 35.7 Å². The lowest BCUT2D eigenvalue weighted by Gasteiger charge is -2.14. The van der Waals surface area contributed by atoms with Crippen molar-refractivity contribution in [2.24, 2.45) is 0 Å². The molecule has 0 spiro atoms. The lowest BCUT2D eigenvalue weighted by atomic mass is 10.0. The Kier molecular flexibility index (Phi) is 4.20. The van der Waals surface area contributed by atoms with Gasteiger partial charge in [-0.15, -0.1) is 0 Å². The molecular formula is C22H18N2O3. The SMILES string of the molecule is Cc1ccccc1C(=O)NCCN1C(=O)c2cc3ccccc3cc2C1=O. The molecule has 0 bridgehead atoms. The molecule has 1 N–H and O–H groups in total. The summed E-state index contributed by atoms with van der Waals surface area (Å²) in [6, 6.07) is 18.4. The number of carbonyl (C=O) groups excluding carboxylic acids is 3. The van der Waals surface area contributed by atoms with E-state index in [4.69, 9.17) is 0 Å². The monoisotopic (exact) mass is 358 g/mol. The molecule has 0 aliphatic carbocycles. The van der Waals surface area contributed by atoms with Crippen molar-refractivity contribution in [1.82, 2.24) is 10.2 Å². The van der Waals surface area contributed by atoms with Gasteiger partial charge in [0.2, 0.25) is 0 Å². The Hall–Kier alpha value is -3.47. The van der Waals surface area contributed by atoms with Crippen LogP contribution in [0.5, 0.6) is 0 Å². The Morgan fingerprint density at radius 3 is 2.04 bits per heavy atom. The van der Waals surface area contributed by atoms with Crippen molar-refractivity contribution >= 4 is 28.5 Å². The van der Waals surface area contributed by atoms with Gasteiger partial charge in [0.15, 0.2) is 0 Å². The summed E-state index contributed by atoms with van der Waals surface area (Å²) >= 11 is 0. The predicted molar refractivity (Wildman–Crippen MR) is 103 cm³/mol. The molecule has 3 aromatic carbocycles. The Morgan fingerprint density at radius 1 is 0.889 bits per heavy atom. The van der Waals surface area contributed by atoms with Crippen LogP contribution >= 0.6 is 0 Å². The molecule has 134 valence electrons. The van der Waals surface area contributed by atoms with E-state index in [9.17, 15) is 14.4 Å². The number of nitrogens with zero attached hydrogens (tertiary/aromatic N) is 1. The molecule has 5 heteroatoms. The first-order valence-electron chi connectivity index (χ1n) is 8.79. The van der Waals surface area contributed by atoms with Gasteiger partial charge in [0, 0.05) is 18.7 Å². The van der Waals surface area contributed by atoms with Crippen molar-refractivity contribution < 1.29 is 14.4 Å². The van der Waals surface area contributed by atoms with Crippen molar-refractivity contribution in [2.45, 2.75) is 6.92 Å². The highest BCUT2D eigenvalue weighted by Gasteiger charge is 2.35. The van der Waals surface area contributed by atoms with Crippen LogP contribution in [0.15, 0.2) is 60.7 Å². The van der Waals surface area contributed by atoms with Crippen molar-refractivity contribution in [3.63, 3.8) is 0 Å². The van der Waals surface area contributed by atoms with Crippen LogP contribution in [0, 0.1) is 6.92 Å². The standard InChI is InChI=1S/C22H18N2O3/c1-14-6-2-5-9-17(14)20(25)23-10-11-24-21(26)18-12-15-7-3-4-8-16(15)13-19(18)22(24)27/h2-9,12-13H,10-11H2,1H3,(H,23,25). The summed E-state index contributed by atoms with van der Waals surface area (Å²) in [7, 11) is 0. The van der Waals surface area contributed by atoms with Gasteiger partial charge < -0.3 is 5.32 Å². The lowest BCUT2D eigenvalue weighted by molar-refractivity contribution is 0.0650. The molecule has 3 aromatic rings. The van der Waals surface area contributed by atoms with Crippen LogP contribution in [0.2, 0.25) is 0 Å². The summed E-state index contributed by atoms with van der Waals surface area (Å²) in [5.41, 5.74) is 2.31. The first-order chi connectivity index (χ1) is 13.1. The van der Waals surface area contributed by atoms with Gasteiger partial charge in [0.1, 0.15) is 0 Å². The second-order valence-electron chi connectivity index (χ2n) is 6.58. The number of amides is 3. The Morgan fingerprint density at radius 2 is 1.44 bits per heavy atom. The van der Waals surface area contributed by atoms with Crippen molar-refractivity contribution in [1.29, 1.82) is 0 Å². The molecule has 0 aromatic heterocycles. The number of hydrogen-bond donors (Lipinski definition) is 1. The van der Waals surface area contributed by atoms with E-state index in [0.29, 0.717) is 16.7 Å². The first-order valence-corrected chi connectivity index (χ1v) is 8.79. The van der Waals surface area contributed by atoms with E-state index in [1.807, 2.05) is 43.3 Å². The predicted octanol–water partition coefficient (Wildman–Crippen LogP) is 3.17. The van der Waals surface area contributed by atoms with E-state index in [-0.39, 0.29) is 30.8 Å². The third-order valence-corrected chi connectivity index (χ3v) is 4.85. The first kappa shape index (κ1) is 17.0. The molecule has 0 atom stereocenters. The molecule has 0 unspecified atom stereocenters. The van der Waals surface area contributed by atoms with Crippen LogP contribution in [-0.2, 0) is 0 Å². The van der Waals surface area contributed by atoms with Gasteiger partial charge in [-0.3, -0.25) is 19.3 Å². The van der Waals surface area contributed by atoms with Gasteiger partial charge in [-0.2, -0.15) is 0 Å². The Labute approximate surface area is 156 Å². The quantitative estimate of drug-likeness (QED) is 0.729. The van der Waals surface area contributed by atoms with E-state index < -0.39 is 0 Å². The molecule has 4 rings (SSSR count). The molecule has 1 aliphatic rings. The fraction of sp³-hybridized carbons (Fsp3) is 0.136. The molecule has 27 heavy (non-hydrogen) atoms. The number of aryl methyl sites for hydroxylation is 1. The third-order valence-electron chi connectivity index (χ3n) is 4.85. The minimum Gasteiger partial charge on any atom is -0.350 e. The zero-order chi connectivity index (χ0) is 19.0. The summed E-state index contributed by atoms with van der Waals surface area (Å²) in [5, 5.41) is 4.63. The summed E-state index contributed by atoms with van der Waals surface area (Å²) in [5.74, 6) is -0.841. The summed E-state index contributed by atoms with van der Waals surface area (Å²) in [6.45, 7) is 2.21. The van der Waals surface area contributed by atoms with E-state index in [2.05, 4.69) is 5.32 Å². The highest BCUT2D eigenvalue weighted by molar-refractivity contribution is 6.23. The smallest absolute Gasteiger partial charge is 0.261 e. The summed E-state index contributed by atoms with van der Waals surface area (Å²) < 4.78 is 0. The molecule has 0 fully saturated rings. The van der Waals surface area contributed by atoms with Crippen LogP contribution < -0.4 is 5.32 Å². The lowest BCUT2D eigenvalue weighted by Crippen LogP contribution is -2.38. The molecule has 3 amide bonds. The number of imide groups is 1. The third kappa shape index (κ3) is 2.97. The minimum atomic E-state index is -0.314. The van der Waals surface area contributed by atoms with Gasteiger partial charge >= 0.3 is 0 Å². The maximum Gasteiger partial charge on any atom is 0.261 e. The van der Waals surface area contributed by atoms with Crippen LogP contribution in [0.25, 0.3) is 10.8 Å². The number of benzene rings is 3. The average Bonchev–Trinajstić information content (AvgIpc) is 2.91. The van der Waals surface area contributed by atoms with Crippen LogP contribution in [0.3, 0.4) is 0 Å². The Balaban J connectivity index is 1.48. The number of fused-ring (bicyclic) bond motifs is 2. The van der Waals surface area contributed by atoms with E-state index in [0.717, 1.165) is 16.3 Å². The topological polar surface area (TPSA) is 66.5 Å². The summed E-state index contributed by atoms with van der Waals surface area (Å²) in [4.78, 5) is 38.8. The largest absolute Gasteiger partial charge is 0.350 e. The van der Waals surface area contributed by atoms with Gasteiger partial charge in [-0.25, -0.2) is 0 Å². The van der Waals surface area contributed by atoms with Crippen molar-refractivity contribution in [3.05, 3.63) is 82.9 Å². The highest BCUT2D eigenvalue weighted by atomic mass is 16.2. The zero-order valence-electron chi connectivity index (χ0n) is 14.9. The fourth-order valence-corrected chi connectivity index (χ4v) is 3.38. The second kappa shape index (κ2) is 6.68. The molecule has 0 saturated carbocycles. The van der Waals surface area contributed by atoms with E-state index in [1.165, 1.54) is 4.90 Å². The molecule has 1 aliphatic heterocycles. The zero-order valence-corrected chi connectivity index (χ0v) is 14.9. The number of hydrogen-bond acceptors (Lipinski definition) is 3. The normalized spacial score (nSPS) is 13.1. The highest BCUT2D eigenvalue weighted by Crippen LogP contribution is 2.27. The summed E-state index contributed by atoms with van der Waals surface area (Å²) in [6.07, 6.45) is 0. The molecule has 1 heterocycles. The van der Waals surface area contributed by atoms with Crippen LogP contribution in [0.1, 0.15) is 36.6 Å². The van der Waals surface area contributed by atoms with E-state index in [1.54, 1.807) is 24.3 Å². The average molecular weight is 358 g/mol. The minimum absolute atomic E-state index is 0.139. The molecular weight excluding hydrogens is 340 g/mol.